The van der Waals surface area contributed by atoms with Gasteiger partial charge in [0.2, 0.25) is 5.06 Å². The summed E-state index contributed by atoms with van der Waals surface area (Å²) in [6.45, 7) is 0. The molecule has 2 nitrogen and oxygen atoms in total. The fraction of sp³-hybridized carbons (Fsp3) is 0.0714. The van der Waals surface area contributed by atoms with Gasteiger partial charge in [-0.05, 0) is 12.1 Å². The highest BCUT2D eigenvalue weighted by molar-refractivity contribution is 6.27. The minimum absolute atomic E-state index is 0.143. The molecule has 1 atom stereocenters. The molecule has 2 aromatic carbocycles. The van der Waals surface area contributed by atoms with Crippen LogP contribution in [0.2, 0.25) is 0 Å². The van der Waals surface area contributed by atoms with Gasteiger partial charge < -0.3 is 4.74 Å². The van der Waals surface area contributed by atoms with Crippen molar-refractivity contribution in [1.82, 2.24) is 0 Å². The van der Waals surface area contributed by atoms with Gasteiger partial charge in [-0.15, -0.1) is 0 Å². The highest BCUT2D eigenvalue weighted by Crippen LogP contribution is 2.45. The number of alkyl halides is 1. The Balaban J connectivity index is 2.25. The zero-order valence-electron chi connectivity index (χ0n) is 9.19. The van der Waals surface area contributed by atoms with Gasteiger partial charge in [0, 0.05) is 5.56 Å². The van der Waals surface area contributed by atoms with Gasteiger partial charge in [-0.25, -0.2) is 9.18 Å². The maximum Gasteiger partial charge on any atom is 0.340 e. The Bertz CT molecular complexity index is 641. The second-order valence-corrected chi connectivity index (χ2v) is 4.54. The van der Waals surface area contributed by atoms with E-state index in [1.807, 2.05) is 0 Å². The van der Waals surface area contributed by atoms with Gasteiger partial charge in [0.15, 0.2) is 0 Å². The molecule has 90 valence electrons. The Labute approximate surface area is 108 Å². The Morgan fingerprint density at radius 3 is 2.33 bits per heavy atom. The third-order valence-electron chi connectivity index (χ3n) is 2.95. The molecule has 0 aliphatic carbocycles. The highest BCUT2D eigenvalue weighted by Gasteiger charge is 2.46. The van der Waals surface area contributed by atoms with E-state index in [1.165, 1.54) is 12.1 Å². The second kappa shape index (κ2) is 3.82. The molecular weight excluding hydrogens is 255 g/mol. The average molecular weight is 263 g/mol. The van der Waals surface area contributed by atoms with Crippen molar-refractivity contribution >= 4 is 17.6 Å². The van der Waals surface area contributed by atoms with Crippen LogP contribution in [0.25, 0.3) is 0 Å². The molecule has 0 aromatic heterocycles. The summed E-state index contributed by atoms with van der Waals surface area (Å²) in [5.74, 6) is -1.04. The normalized spacial score (nSPS) is 21.6. The second-order valence-electron chi connectivity index (χ2n) is 4.01. The molecule has 0 fully saturated rings. The van der Waals surface area contributed by atoms with Crippen molar-refractivity contribution in [3.8, 4) is 0 Å². The summed E-state index contributed by atoms with van der Waals surface area (Å²) in [4.78, 5) is 11.7. The predicted molar refractivity (Wildman–Crippen MR) is 64.9 cm³/mol. The number of carbonyl (C=O) groups is 1. The fourth-order valence-electron chi connectivity index (χ4n) is 2.10. The zero-order valence-corrected chi connectivity index (χ0v) is 9.95. The average Bonchev–Trinajstić information content (AvgIpc) is 2.64. The third kappa shape index (κ3) is 1.44. The molecule has 4 heteroatoms. The van der Waals surface area contributed by atoms with Gasteiger partial charge in [-0.3, -0.25) is 0 Å². The molecule has 0 saturated carbocycles. The number of hydrogen-bond acceptors (Lipinski definition) is 2. The van der Waals surface area contributed by atoms with Gasteiger partial charge in [0.05, 0.1) is 11.1 Å². The van der Waals surface area contributed by atoms with Crippen LogP contribution in [-0.2, 0) is 9.80 Å². The van der Waals surface area contributed by atoms with E-state index >= 15 is 0 Å². The van der Waals surface area contributed by atoms with Crippen LogP contribution >= 0.6 is 11.6 Å². The lowest BCUT2D eigenvalue weighted by atomic mass is 9.98. The molecule has 1 aliphatic heterocycles. The Hall–Kier alpha value is -1.87. The number of carbonyl (C=O) groups excluding carboxylic acids is 1. The molecule has 0 bridgehead atoms. The maximum atomic E-state index is 13.8. The summed E-state index contributed by atoms with van der Waals surface area (Å²) in [6, 6.07) is 12.7. The molecule has 3 rings (SSSR count). The van der Waals surface area contributed by atoms with Gasteiger partial charge in [0.25, 0.3) is 0 Å². The maximum absolute atomic E-state index is 13.8. The molecule has 1 aliphatic rings. The minimum atomic E-state index is -1.57. The number of fused-ring (bicyclic) bond motifs is 1. The Morgan fingerprint density at radius 2 is 1.61 bits per heavy atom. The van der Waals surface area contributed by atoms with E-state index in [1.54, 1.807) is 36.4 Å². The molecule has 0 N–H and O–H groups in total. The summed E-state index contributed by atoms with van der Waals surface area (Å²) >= 11 is 6.34. The summed E-state index contributed by atoms with van der Waals surface area (Å²) in [7, 11) is 0. The van der Waals surface area contributed by atoms with Crippen LogP contribution in [0.5, 0.6) is 0 Å². The summed E-state index contributed by atoms with van der Waals surface area (Å²) in [5.41, 5.74) is 0.988. The van der Waals surface area contributed by atoms with Crippen molar-refractivity contribution in [3.63, 3.8) is 0 Å². The van der Waals surface area contributed by atoms with Gasteiger partial charge >= 0.3 is 5.97 Å². The van der Waals surface area contributed by atoms with E-state index in [4.69, 9.17) is 16.3 Å². The zero-order chi connectivity index (χ0) is 12.8. The topological polar surface area (TPSA) is 26.3 Å². The number of rotatable bonds is 1. The van der Waals surface area contributed by atoms with Crippen LogP contribution < -0.4 is 0 Å². The largest absolute Gasteiger partial charge is 0.431 e. The van der Waals surface area contributed by atoms with Crippen molar-refractivity contribution < 1.29 is 13.9 Å². The first-order chi connectivity index (χ1) is 8.63. The van der Waals surface area contributed by atoms with Gasteiger partial charge in [-0.2, -0.15) is 0 Å². The van der Waals surface area contributed by atoms with Gasteiger partial charge in [-0.1, -0.05) is 48.0 Å². The molecular formula is C14H8ClFO2. The monoisotopic (exact) mass is 262 g/mol. The molecule has 1 unspecified atom stereocenters. The van der Waals surface area contributed by atoms with E-state index in [2.05, 4.69) is 0 Å². The molecule has 0 saturated heterocycles. The first kappa shape index (κ1) is 11.2. The summed E-state index contributed by atoms with van der Waals surface area (Å²) < 4.78 is 19.0. The number of ether oxygens (including phenoxy) is 1. The first-order valence-electron chi connectivity index (χ1n) is 5.40. The van der Waals surface area contributed by atoms with Gasteiger partial charge in [0.1, 0.15) is 5.82 Å². The summed E-state index contributed by atoms with van der Waals surface area (Å²) in [6.07, 6.45) is 0. The van der Waals surface area contributed by atoms with Crippen molar-refractivity contribution in [1.29, 1.82) is 0 Å². The van der Waals surface area contributed by atoms with Crippen LogP contribution in [-0.4, -0.2) is 5.97 Å². The lowest BCUT2D eigenvalue weighted by molar-refractivity contribution is 0.0359. The van der Waals surface area contributed by atoms with Crippen LogP contribution in [0.3, 0.4) is 0 Å². The van der Waals surface area contributed by atoms with Crippen molar-refractivity contribution in [3.05, 3.63) is 71.0 Å². The highest BCUT2D eigenvalue weighted by atomic mass is 35.5. The van der Waals surface area contributed by atoms with Crippen molar-refractivity contribution in [2.45, 2.75) is 5.06 Å². The minimum Gasteiger partial charge on any atom is -0.431 e. The van der Waals surface area contributed by atoms with Crippen LogP contribution in [0.15, 0.2) is 48.5 Å². The standard InChI is InChI=1S/C14H8ClFO2/c15-14(11-7-3-4-8-12(11)16)10-6-2-1-5-9(10)13(17)18-14/h1-8H. The Morgan fingerprint density at radius 1 is 1.00 bits per heavy atom. The summed E-state index contributed by atoms with van der Waals surface area (Å²) in [5, 5.41) is -1.57. The van der Waals surface area contributed by atoms with E-state index in [9.17, 15) is 9.18 Å². The molecule has 0 spiro atoms. The molecule has 2 aromatic rings. The Kier molecular flexibility index (Phi) is 2.38. The smallest absolute Gasteiger partial charge is 0.340 e. The third-order valence-corrected chi connectivity index (χ3v) is 3.43. The molecule has 1 heterocycles. The lowest BCUT2D eigenvalue weighted by Crippen LogP contribution is -2.21. The van der Waals surface area contributed by atoms with E-state index in [-0.39, 0.29) is 5.56 Å². The van der Waals surface area contributed by atoms with Crippen LogP contribution in [0.1, 0.15) is 21.5 Å². The number of esters is 1. The van der Waals surface area contributed by atoms with Crippen LogP contribution in [0.4, 0.5) is 4.39 Å². The number of halogens is 2. The number of benzene rings is 2. The number of cyclic esters (lactones) is 1. The SMILES string of the molecule is O=C1OC(Cl)(c2ccccc2F)c2ccccc21. The molecule has 0 amide bonds. The molecule has 0 radical (unpaired) electrons. The van der Waals surface area contributed by atoms with E-state index < -0.39 is 16.8 Å². The lowest BCUT2D eigenvalue weighted by Gasteiger charge is -2.22. The van der Waals surface area contributed by atoms with Crippen molar-refractivity contribution in [2.75, 3.05) is 0 Å². The van der Waals surface area contributed by atoms with Crippen LogP contribution in [0, 0.1) is 5.82 Å². The van der Waals surface area contributed by atoms with E-state index in [0.717, 1.165) is 0 Å². The fourth-order valence-corrected chi connectivity index (χ4v) is 2.49. The number of hydrogen-bond donors (Lipinski definition) is 0. The van der Waals surface area contributed by atoms with Crippen molar-refractivity contribution in [2.24, 2.45) is 0 Å². The molecule has 18 heavy (non-hydrogen) atoms. The first-order valence-corrected chi connectivity index (χ1v) is 5.77. The quantitative estimate of drug-likeness (QED) is 0.581. The predicted octanol–water partition coefficient (Wildman–Crippen LogP) is 3.44. The van der Waals surface area contributed by atoms with E-state index in [0.29, 0.717) is 11.1 Å².